The van der Waals surface area contributed by atoms with Gasteiger partial charge in [-0.25, -0.2) is 4.98 Å². The third kappa shape index (κ3) is 8.50. The van der Waals surface area contributed by atoms with E-state index >= 15 is 0 Å². The molecule has 0 saturated heterocycles. The zero-order valence-corrected chi connectivity index (χ0v) is 25.6. The molecule has 0 radical (unpaired) electrons. The number of aryl methyl sites for hydroxylation is 2. The molecule has 2 aromatic carbocycles. The molecule has 4 aromatic rings. The van der Waals surface area contributed by atoms with Gasteiger partial charge in [0.05, 0.1) is 18.8 Å². The molecule has 0 amide bonds. The summed E-state index contributed by atoms with van der Waals surface area (Å²) in [7, 11) is 0. The monoisotopic (exact) mass is 576 g/mol. The highest BCUT2D eigenvalue weighted by atomic mass is 32.1. The van der Waals surface area contributed by atoms with E-state index in [4.69, 9.17) is 4.74 Å². The molecule has 2 aromatic heterocycles. The van der Waals surface area contributed by atoms with Crippen LogP contribution in [0.1, 0.15) is 77.0 Å². The van der Waals surface area contributed by atoms with E-state index in [2.05, 4.69) is 85.7 Å². The van der Waals surface area contributed by atoms with Gasteiger partial charge in [0.15, 0.2) is 0 Å². The molecule has 0 saturated carbocycles. The van der Waals surface area contributed by atoms with Gasteiger partial charge >= 0.3 is 5.97 Å². The first kappa shape index (κ1) is 30.0. The Morgan fingerprint density at radius 1 is 0.975 bits per heavy atom. The molecule has 7 heteroatoms. The van der Waals surface area contributed by atoms with Crippen molar-refractivity contribution in [2.45, 2.75) is 79.0 Å². The summed E-state index contributed by atoms with van der Waals surface area (Å²) in [5.74, 6) is 0.713. The van der Waals surface area contributed by atoms with Gasteiger partial charge in [0, 0.05) is 16.3 Å². The van der Waals surface area contributed by atoms with E-state index in [1.54, 1.807) is 22.7 Å². The Balaban J connectivity index is 1.34. The van der Waals surface area contributed by atoms with Crippen molar-refractivity contribution in [3.8, 4) is 16.9 Å². The van der Waals surface area contributed by atoms with Crippen LogP contribution in [0.25, 0.3) is 11.1 Å². The number of nitrogens with zero attached hydrogens (tertiary/aromatic N) is 2. The van der Waals surface area contributed by atoms with Gasteiger partial charge in [-0.05, 0) is 78.4 Å². The minimum absolute atomic E-state index is 0.0135. The van der Waals surface area contributed by atoms with Crippen LogP contribution in [0.3, 0.4) is 0 Å². The van der Waals surface area contributed by atoms with E-state index in [1.807, 2.05) is 11.8 Å². The van der Waals surface area contributed by atoms with Gasteiger partial charge in [0.25, 0.3) is 0 Å². The maximum atomic E-state index is 11.5. The van der Waals surface area contributed by atoms with Gasteiger partial charge in [0.2, 0.25) is 0 Å². The number of thiazole rings is 1. The van der Waals surface area contributed by atoms with E-state index in [0.717, 1.165) is 38.0 Å². The first-order valence-corrected chi connectivity index (χ1v) is 15.8. The number of rotatable bonds is 15. The van der Waals surface area contributed by atoms with Crippen LogP contribution in [0.4, 0.5) is 0 Å². The number of aliphatic carboxylic acids is 1. The summed E-state index contributed by atoms with van der Waals surface area (Å²) in [5.41, 5.74) is 5.84. The minimum atomic E-state index is -0.826. The Morgan fingerprint density at radius 3 is 2.27 bits per heavy atom. The molecule has 0 spiro atoms. The molecule has 1 N–H and O–H groups in total. The van der Waals surface area contributed by atoms with Gasteiger partial charge < -0.3 is 9.84 Å². The lowest BCUT2D eigenvalue weighted by Gasteiger charge is -2.17. The Morgan fingerprint density at radius 2 is 1.68 bits per heavy atom. The van der Waals surface area contributed by atoms with Crippen LogP contribution in [0.15, 0.2) is 60.0 Å². The highest BCUT2D eigenvalue weighted by Gasteiger charge is 2.16. The minimum Gasteiger partial charge on any atom is -0.489 e. The van der Waals surface area contributed by atoms with Crippen LogP contribution in [-0.4, -0.2) is 27.5 Å². The Labute approximate surface area is 246 Å². The molecule has 0 unspecified atom stereocenters. The highest BCUT2D eigenvalue weighted by molar-refractivity contribution is 7.11. The van der Waals surface area contributed by atoms with E-state index in [-0.39, 0.29) is 6.54 Å². The van der Waals surface area contributed by atoms with Crippen LogP contribution in [-0.2, 0) is 24.5 Å². The second-order valence-electron chi connectivity index (χ2n) is 10.4. The maximum absolute atomic E-state index is 11.5. The Kier molecular flexibility index (Phi) is 10.9. The molecular weight excluding hydrogens is 537 g/mol. The summed E-state index contributed by atoms with van der Waals surface area (Å²) in [6, 6.07) is 19.3. The summed E-state index contributed by atoms with van der Waals surface area (Å²) in [6.45, 7) is 10.2. The van der Waals surface area contributed by atoms with Gasteiger partial charge in [-0.3, -0.25) is 9.69 Å². The third-order valence-electron chi connectivity index (χ3n) is 7.14. The van der Waals surface area contributed by atoms with Crippen molar-refractivity contribution in [1.29, 1.82) is 0 Å². The smallest absolute Gasteiger partial charge is 0.317 e. The van der Waals surface area contributed by atoms with Crippen molar-refractivity contribution in [1.82, 2.24) is 9.88 Å². The predicted octanol–water partition coefficient (Wildman–Crippen LogP) is 8.84. The molecule has 5 nitrogen and oxygen atoms in total. The van der Waals surface area contributed by atoms with Crippen molar-refractivity contribution >= 4 is 28.6 Å². The summed E-state index contributed by atoms with van der Waals surface area (Å²) in [6.07, 6.45) is 4.89. The van der Waals surface area contributed by atoms with E-state index in [9.17, 15) is 9.90 Å². The van der Waals surface area contributed by atoms with Crippen molar-refractivity contribution in [2.24, 2.45) is 0 Å². The third-order valence-corrected chi connectivity index (χ3v) is 9.12. The van der Waals surface area contributed by atoms with E-state index in [0.29, 0.717) is 25.6 Å². The molecule has 0 aliphatic carbocycles. The number of aromatic nitrogens is 1. The fraction of sp³-hybridized carbons (Fsp3) is 0.394. The average molecular weight is 577 g/mol. The molecule has 0 fully saturated rings. The van der Waals surface area contributed by atoms with Crippen molar-refractivity contribution in [3.63, 3.8) is 0 Å². The highest BCUT2D eigenvalue weighted by Crippen LogP contribution is 2.30. The second kappa shape index (κ2) is 14.6. The summed E-state index contributed by atoms with van der Waals surface area (Å²) < 4.78 is 6.07. The van der Waals surface area contributed by atoms with Crippen LogP contribution in [0.2, 0.25) is 0 Å². The largest absolute Gasteiger partial charge is 0.489 e. The molecule has 0 aliphatic heterocycles. The van der Waals surface area contributed by atoms with Gasteiger partial charge in [-0.2, -0.15) is 0 Å². The quantitative estimate of drug-likeness (QED) is 0.153. The fourth-order valence-corrected chi connectivity index (χ4v) is 6.87. The van der Waals surface area contributed by atoms with Gasteiger partial charge in [-0.15, -0.1) is 22.7 Å². The topological polar surface area (TPSA) is 62.7 Å². The average Bonchev–Trinajstić information content (AvgIpc) is 3.53. The zero-order chi connectivity index (χ0) is 28.5. The summed E-state index contributed by atoms with van der Waals surface area (Å²) in [5, 5.41) is 12.5. The van der Waals surface area contributed by atoms with Crippen molar-refractivity contribution in [2.75, 3.05) is 6.54 Å². The lowest BCUT2D eigenvalue weighted by Crippen LogP contribution is -2.28. The molecule has 212 valence electrons. The van der Waals surface area contributed by atoms with E-state index < -0.39 is 5.97 Å². The first-order chi connectivity index (χ1) is 19.3. The molecular formula is C33H40N2O3S2. The second-order valence-corrected chi connectivity index (χ2v) is 12.7. The van der Waals surface area contributed by atoms with Crippen molar-refractivity contribution in [3.05, 3.63) is 91.6 Å². The SMILES string of the molecule is CCCC(CCC)c1ccc(OCc2ccc(-c3csc(CN(CC(=O)O)Cc4nc(C)c(C)s4)c3)cc2)cc1. The molecule has 0 bridgehead atoms. The number of thiophene rings is 1. The number of ether oxygens (including phenoxy) is 1. The molecule has 0 aliphatic rings. The number of benzene rings is 2. The predicted molar refractivity (Wildman–Crippen MR) is 166 cm³/mol. The summed E-state index contributed by atoms with van der Waals surface area (Å²) in [4.78, 5) is 20.3. The number of carboxylic acids is 1. The molecule has 4 rings (SSSR count). The lowest BCUT2D eigenvalue weighted by molar-refractivity contribution is -0.138. The van der Waals surface area contributed by atoms with Gasteiger partial charge in [-0.1, -0.05) is 63.1 Å². The van der Waals surface area contributed by atoms with Crippen LogP contribution in [0.5, 0.6) is 5.75 Å². The van der Waals surface area contributed by atoms with Crippen LogP contribution >= 0.6 is 22.7 Å². The molecule has 40 heavy (non-hydrogen) atoms. The van der Waals surface area contributed by atoms with Gasteiger partial charge in [0.1, 0.15) is 17.4 Å². The fourth-order valence-electron chi connectivity index (χ4n) is 4.96. The Hall–Kier alpha value is -3.00. The number of hydrogen-bond acceptors (Lipinski definition) is 6. The van der Waals surface area contributed by atoms with Crippen LogP contribution < -0.4 is 4.74 Å². The summed E-state index contributed by atoms with van der Waals surface area (Å²) >= 11 is 3.30. The van der Waals surface area contributed by atoms with Crippen LogP contribution in [0, 0.1) is 13.8 Å². The molecule has 2 heterocycles. The molecule has 0 atom stereocenters. The normalized spacial score (nSPS) is 11.4. The standard InChI is InChI=1S/C33H40N2O3S2/c1-5-7-26(8-6-2)27-13-15-30(16-14-27)38-21-25-9-11-28(12-10-25)29-17-31(39-22-29)18-35(20-33(36)37)19-32-34-23(3)24(4)40-32/h9-17,22,26H,5-8,18-21H2,1-4H3,(H,36,37). The lowest BCUT2D eigenvalue weighted by atomic mass is 9.90. The Bertz CT molecular complexity index is 1330. The first-order valence-electron chi connectivity index (χ1n) is 14.1. The van der Waals surface area contributed by atoms with Crippen molar-refractivity contribution < 1.29 is 14.6 Å². The number of carboxylic acid groups (broad SMARTS) is 1. The van der Waals surface area contributed by atoms with E-state index in [1.165, 1.54) is 36.1 Å². The number of hydrogen-bond donors (Lipinski definition) is 1. The maximum Gasteiger partial charge on any atom is 0.317 e. The number of carbonyl (C=O) groups is 1. The zero-order valence-electron chi connectivity index (χ0n) is 24.0.